The minimum Gasteiger partial charge on any atom is -0.467 e. The number of alkyl halides is 4. The van der Waals surface area contributed by atoms with E-state index in [2.05, 4.69) is 25.0 Å². The summed E-state index contributed by atoms with van der Waals surface area (Å²) >= 11 is 0. The van der Waals surface area contributed by atoms with Crippen LogP contribution in [-0.2, 0) is 15.0 Å². The van der Waals surface area contributed by atoms with Gasteiger partial charge < -0.3 is 30.4 Å². The Morgan fingerprint density at radius 1 is 1.21 bits per heavy atom. The van der Waals surface area contributed by atoms with Crippen LogP contribution in [0.15, 0.2) is 35.6 Å². The first-order chi connectivity index (χ1) is 15.5. The molecule has 1 fully saturated rings. The van der Waals surface area contributed by atoms with E-state index in [1.165, 1.54) is 12.1 Å². The van der Waals surface area contributed by atoms with Crippen LogP contribution in [0.4, 0.5) is 27.6 Å². The number of nitrogens with one attached hydrogen (secondary N) is 1. The summed E-state index contributed by atoms with van der Waals surface area (Å²) in [6.45, 7) is -2.66. The number of aliphatic imine (C=N–C) groups is 1. The van der Waals surface area contributed by atoms with Gasteiger partial charge in [0.25, 0.3) is 6.02 Å². The Hall–Kier alpha value is -3.26. The highest BCUT2D eigenvalue weighted by molar-refractivity contribution is 5.74. The van der Waals surface area contributed by atoms with Crippen molar-refractivity contribution in [1.29, 1.82) is 0 Å². The van der Waals surface area contributed by atoms with Crippen molar-refractivity contribution < 1.29 is 41.3 Å². The highest BCUT2D eigenvalue weighted by Crippen LogP contribution is 2.48. The van der Waals surface area contributed by atoms with Crippen molar-refractivity contribution in [3.05, 3.63) is 47.7 Å². The highest BCUT2D eigenvalue weighted by atomic mass is 19.4. The zero-order valence-corrected chi connectivity index (χ0v) is 16.8. The third-order valence-corrected chi connectivity index (χ3v) is 5.16. The van der Waals surface area contributed by atoms with Gasteiger partial charge in [0.05, 0.1) is 25.6 Å². The number of hydrogen-bond donors (Lipinski definition) is 3. The Morgan fingerprint density at radius 3 is 2.70 bits per heavy atom. The Morgan fingerprint density at radius 2 is 2.00 bits per heavy atom. The lowest BCUT2D eigenvalue weighted by Gasteiger charge is -2.38. The number of halogens is 5. The Balaban J connectivity index is 1.55. The van der Waals surface area contributed by atoms with E-state index >= 15 is 4.39 Å². The quantitative estimate of drug-likeness (QED) is 0.428. The van der Waals surface area contributed by atoms with Gasteiger partial charge in [-0.15, -0.1) is 0 Å². The summed E-state index contributed by atoms with van der Waals surface area (Å²) in [5.41, 5.74) is 1.62. The fraction of sp³-hybridized carbons (Fsp3) is 0.421. The van der Waals surface area contributed by atoms with Gasteiger partial charge in [-0.3, -0.25) is 0 Å². The van der Waals surface area contributed by atoms with E-state index in [0.717, 1.165) is 18.5 Å². The molecule has 1 unspecified atom stereocenters. The predicted octanol–water partition coefficient (Wildman–Crippen LogP) is 1.94. The number of rotatable bonds is 6. The number of aliphatic hydroxyl groups excluding tert-OH is 1. The van der Waals surface area contributed by atoms with Gasteiger partial charge in [0.15, 0.2) is 24.0 Å². The maximum atomic E-state index is 15.5. The first kappa shape index (κ1) is 22.9. The second kappa shape index (κ2) is 8.26. The third kappa shape index (κ3) is 4.48. The van der Waals surface area contributed by atoms with Crippen LogP contribution in [-0.4, -0.2) is 59.4 Å². The molecule has 2 aromatic rings. The average Bonchev–Trinajstić information content (AvgIpc) is 3.10. The lowest BCUT2D eigenvalue weighted by Crippen LogP contribution is -2.55. The summed E-state index contributed by atoms with van der Waals surface area (Å²) in [4.78, 5) is 11.5. The molecule has 4 rings (SSSR count). The maximum absolute atomic E-state index is 15.5. The van der Waals surface area contributed by atoms with Crippen LogP contribution in [0.1, 0.15) is 17.5 Å². The SMILES string of the molecule is NC1=N[C@@]2(c3cc(NC(O)c4cnc(OCC(F)(F)F)cn4)ccc3F)COC[C@@]2(F)CO1. The van der Waals surface area contributed by atoms with Crippen LogP contribution in [0.2, 0.25) is 0 Å². The van der Waals surface area contributed by atoms with Crippen LogP contribution in [0, 0.1) is 5.82 Å². The number of fused-ring (bicyclic) bond motifs is 1. The van der Waals surface area contributed by atoms with Crippen LogP contribution in [0.25, 0.3) is 0 Å². The van der Waals surface area contributed by atoms with E-state index in [1.807, 2.05) is 0 Å². The number of ether oxygens (including phenoxy) is 3. The summed E-state index contributed by atoms with van der Waals surface area (Å²) < 4.78 is 81.6. The van der Waals surface area contributed by atoms with E-state index in [0.29, 0.717) is 0 Å². The Labute approximate surface area is 183 Å². The molecule has 2 aliphatic rings. The number of amidine groups is 1. The van der Waals surface area contributed by atoms with Crippen molar-refractivity contribution in [1.82, 2.24) is 9.97 Å². The van der Waals surface area contributed by atoms with Crippen LogP contribution >= 0.6 is 0 Å². The number of hydrogen-bond acceptors (Lipinski definition) is 9. The monoisotopic (exact) mass is 475 g/mol. The normalized spacial score (nSPS) is 25.6. The van der Waals surface area contributed by atoms with Crippen molar-refractivity contribution in [2.75, 3.05) is 31.7 Å². The summed E-state index contributed by atoms with van der Waals surface area (Å²) in [5, 5.41) is 13.0. The third-order valence-electron chi connectivity index (χ3n) is 5.16. The second-order valence-electron chi connectivity index (χ2n) is 7.48. The summed E-state index contributed by atoms with van der Waals surface area (Å²) in [7, 11) is 0. The van der Waals surface area contributed by atoms with E-state index in [4.69, 9.17) is 15.2 Å². The topological polar surface area (TPSA) is 124 Å². The number of anilines is 1. The molecular weight excluding hydrogens is 457 g/mol. The summed E-state index contributed by atoms with van der Waals surface area (Å²) in [5.74, 6) is -1.16. The lowest BCUT2D eigenvalue weighted by atomic mass is 9.78. The molecule has 33 heavy (non-hydrogen) atoms. The van der Waals surface area contributed by atoms with Crippen molar-refractivity contribution in [2.45, 2.75) is 23.6 Å². The molecule has 0 spiro atoms. The first-order valence-electron chi connectivity index (χ1n) is 9.52. The molecule has 0 radical (unpaired) electrons. The molecule has 2 aliphatic heterocycles. The molecule has 1 aromatic heterocycles. The van der Waals surface area contributed by atoms with Crippen molar-refractivity contribution >= 4 is 11.7 Å². The molecule has 0 bridgehead atoms. The first-order valence-corrected chi connectivity index (χ1v) is 9.52. The second-order valence-corrected chi connectivity index (χ2v) is 7.48. The summed E-state index contributed by atoms with van der Waals surface area (Å²) in [6.07, 6.45) is -4.11. The van der Waals surface area contributed by atoms with E-state index < -0.39 is 42.6 Å². The number of aromatic nitrogens is 2. The molecule has 0 amide bonds. The highest BCUT2D eigenvalue weighted by Gasteiger charge is 2.62. The minimum atomic E-state index is -4.54. The van der Waals surface area contributed by atoms with E-state index in [-0.39, 0.29) is 42.1 Å². The van der Waals surface area contributed by atoms with E-state index in [1.54, 1.807) is 0 Å². The van der Waals surface area contributed by atoms with Crippen LogP contribution < -0.4 is 15.8 Å². The molecule has 14 heteroatoms. The van der Waals surface area contributed by atoms with Crippen LogP contribution in [0.5, 0.6) is 5.88 Å². The van der Waals surface area contributed by atoms with Gasteiger partial charge in [-0.1, -0.05) is 0 Å². The Kier molecular flexibility index (Phi) is 5.74. The van der Waals surface area contributed by atoms with E-state index in [9.17, 15) is 22.7 Å². The van der Waals surface area contributed by atoms with Gasteiger partial charge in [0, 0.05) is 11.3 Å². The molecule has 9 nitrogen and oxygen atoms in total. The molecule has 3 heterocycles. The number of aliphatic hydroxyl groups is 1. The molecule has 1 aromatic carbocycles. The van der Waals surface area contributed by atoms with Gasteiger partial charge in [-0.25, -0.2) is 23.7 Å². The predicted molar refractivity (Wildman–Crippen MR) is 102 cm³/mol. The number of nitrogens with two attached hydrogens (primary N) is 1. The van der Waals surface area contributed by atoms with Gasteiger partial charge in [0.2, 0.25) is 5.88 Å². The van der Waals surface area contributed by atoms with Gasteiger partial charge >= 0.3 is 6.18 Å². The average molecular weight is 475 g/mol. The molecular formula is C19H18F5N5O4. The zero-order valence-electron chi connectivity index (χ0n) is 16.8. The lowest BCUT2D eigenvalue weighted by molar-refractivity contribution is -0.154. The largest absolute Gasteiger partial charge is 0.467 e. The van der Waals surface area contributed by atoms with Gasteiger partial charge in [-0.2, -0.15) is 13.2 Å². The summed E-state index contributed by atoms with van der Waals surface area (Å²) in [6, 6.07) is 3.28. The van der Waals surface area contributed by atoms with Crippen LogP contribution in [0.3, 0.4) is 0 Å². The fourth-order valence-electron chi connectivity index (χ4n) is 3.55. The number of nitrogens with zero attached hydrogens (tertiary/aromatic N) is 3. The zero-order chi connectivity index (χ0) is 23.9. The van der Waals surface area contributed by atoms with Gasteiger partial charge in [0.1, 0.15) is 18.1 Å². The molecule has 178 valence electrons. The molecule has 0 saturated carbocycles. The van der Waals surface area contributed by atoms with Gasteiger partial charge in [-0.05, 0) is 18.2 Å². The smallest absolute Gasteiger partial charge is 0.422 e. The molecule has 0 aliphatic carbocycles. The Bertz CT molecular complexity index is 1050. The molecule has 4 N–H and O–H groups in total. The standard InChI is InChI=1S/C19H18F5N5O4/c20-12-2-1-10(3-11(12)18-8-31-6-17(18,21)7-33-16(25)29-18)28-15(30)13-4-27-14(5-26-13)32-9-19(22,23)24/h1-5,15,28,30H,6-9H2,(H2,25,29)/t15?,17-,18-/m1/s1. The van der Waals surface area contributed by atoms with Crippen molar-refractivity contribution in [3.63, 3.8) is 0 Å². The molecule has 3 atom stereocenters. The van der Waals surface area contributed by atoms with Crippen molar-refractivity contribution in [3.8, 4) is 5.88 Å². The number of benzene rings is 1. The molecule has 1 saturated heterocycles. The van der Waals surface area contributed by atoms with Crippen molar-refractivity contribution in [2.24, 2.45) is 10.7 Å². The fourth-order valence-corrected chi connectivity index (χ4v) is 3.55. The maximum Gasteiger partial charge on any atom is 0.422 e. The minimum absolute atomic E-state index is 0.0595.